The Morgan fingerprint density at radius 3 is 3.20 bits per heavy atom. The molecule has 0 amide bonds. The molecule has 1 heterocycles. The molecule has 0 aliphatic carbocycles. The largest absolute Gasteiger partial charge is 0.372 e. The summed E-state index contributed by atoms with van der Waals surface area (Å²) in [5.74, 6) is -0.111. The first-order valence-electron chi connectivity index (χ1n) is 2.78. The monoisotopic (exact) mass is 95.0 g/mol. The van der Waals surface area contributed by atoms with Crippen LogP contribution >= 0.6 is 11.6 Å². The zero-order valence-electron chi connectivity index (χ0n) is 5.49. The minimum Gasteiger partial charge on any atom is -0.372 e. The number of alkyl halides is 1. The molecule has 0 radical (unpaired) electrons. The van der Waals surface area contributed by atoms with Crippen molar-refractivity contribution in [3.8, 4) is 0 Å². The van der Waals surface area contributed by atoms with E-state index in [2.05, 4.69) is 4.74 Å². The fourth-order valence-electron chi connectivity index (χ4n) is 0.0906. The lowest BCUT2D eigenvalue weighted by molar-refractivity contribution is 0.425. The Hall–Kier alpha value is 0.250. The van der Waals surface area contributed by atoms with Gasteiger partial charge < -0.3 is 4.74 Å². The Morgan fingerprint density at radius 2 is 3.20 bits per heavy atom. The maximum Gasteiger partial charge on any atom is 0.0944 e. The lowest BCUT2D eigenvalue weighted by Gasteiger charge is -1.67. The van der Waals surface area contributed by atoms with E-state index in [1.165, 1.54) is 0 Å². The smallest absolute Gasteiger partial charge is 0.0944 e. The van der Waals surface area contributed by atoms with Crippen LogP contribution in [0.3, 0.4) is 0 Å². The molecule has 30 valence electrons. The molecule has 0 spiro atoms. The third-order valence-electron chi connectivity index (χ3n) is 0.368. The van der Waals surface area contributed by atoms with Crippen molar-refractivity contribution in [1.82, 2.24) is 0 Å². The van der Waals surface area contributed by atoms with Gasteiger partial charge in [0.15, 0.2) is 0 Å². The van der Waals surface area contributed by atoms with Gasteiger partial charge in [0, 0.05) is 0 Å². The first-order valence-corrected chi connectivity index (χ1v) is 1.81. The highest BCUT2D eigenvalue weighted by molar-refractivity contribution is 6.18. The Morgan fingerprint density at radius 1 is 2.60 bits per heavy atom. The van der Waals surface area contributed by atoms with Gasteiger partial charge in [0.25, 0.3) is 0 Å². The number of epoxide rings is 1. The van der Waals surface area contributed by atoms with Crippen LogP contribution in [0, 0.1) is 0 Å². The second-order valence-corrected chi connectivity index (χ2v) is 1.03. The van der Waals surface area contributed by atoms with Gasteiger partial charge in [-0.05, 0) is 0 Å². The van der Waals surface area contributed by atoms with Crippen molar-refractivity contribution in [2.24, 2.45) is 0 Å². The van der Waals surface area contributed by atoms with Crippen LogP contribution in [0.25, 0.3) is 0 Å². The molecule has 1 rings (SSSR count). The van der Waals surface area contributed by atoms with Gasteiger partial charge in [-0.3, -0.25) is 0 Å². The van der Waals surface area contributed by atoms with E-state index in [0.29, 0.717) is 0 Å². The van der Waals surface area contributed by atoms with Crippen LogP contribution in [0.2, 0.25) is 0 Å². The fraction of sp³-hybridized carbons (Fsp3) is 1.00. The lowest BCUT2D eigenvalue weighted by atomic mass is 10.6. The molecule has 1 saturated heterocycles. The number of hydrogen-bond donors (Lipinski definition) is 0. The summed E-state index contributed by atoms with van der Waals surface area (Å²) < 4.78 is 24.8. The summed E-state index contributed by atoms with van der Waals surface area (Å²) in [6.07, 6.45) is -1.46. The van der Waals surface area contributed by atoms with E-state index in [-0.39, 0.29) is 5.88 Å². The molecule has 0 aromatic heterocycles. The lowest BCUT2D eigenvalue weighted by Crippen LogP contribution is -1.80. The van der Waals surface area contributed by atoms with Crippen LogP contribution in [0.4, 0.5) is 0 Å². The SMILES string of the molecule is [2H]C1([2H])OC1([2H])CCl. The minimum absolute atomic E-state index is 0.111. The maximum atomic E-state index is 6.97. The molecule has 0 N–H and O–H groups in total. The van der Waals surface area contributed by atoms with E-state index in [4.69, 9.17) is 15.7 Å². The third-order valence-corrected chi connectivity index (χ3v) is 0.611. The van der Waals surface area contributed by atoms with Gasteiger partial charge in [-0.25, -0.2) is 0 Å². The maximum absolute atomic E-state index is 6.97. The van der Waals surface area contributed by atoms with Crippen LogP contribution in [0.15, 0.2) is 0 Å². The van der Waals surface area contributed by atoms with Crippen LogP contribution in [0.1, 0.15) is 4.11 Å². The number of hydrogen-bond acceptors (Lipinski definition) is 1. The highest BCUT2D eigenvalue weighted by atomic mass is 35.5. The van der Waals surface area contributed by atoms with Crippen molar-refractivity contribution in [2.75, 3.05) is 12.4 Å². The minimum atomic E-state index is -1.81. The molecule has 0 saturated carbocycles. The molecule has 1 aliphatic rings. The highest BCUT2D eigenvalue weighted by Crippen LogP contribution is 2.08. The summed E-state index contributed by atoms with van der Waals surface area (Å²) in [6.45, 7) is -1.81. The third kappa shape index (κ3) is 0.781. The topological polar surface area (TPSA) is 12.5 Å². The second-order valence-electron chi connectivity index (χ2n) is 0.761. The highest BCUT2D eigenvalue weighted by Gasteiger charge is 2.19. The van der Waals surface area contributed by atoms with Gasteiger partial charge in [-0.1, -0.05) is 0 Å². The Labute approximate surface area is 40.1 Å². The van der Waals surface area contributed by atoms with E-state index in [0.717, 1.165) is 0 Å². The summed E-state index contributed by atoms with van der Waals surface area (Å²) in [6, 6.07) is 0. The Balaban J connectivity index is 2.55. The Bertz CT molecular complexity index is 117. The van der Waals surface area contributed by atoms with Gasteiger partial charge in [0.1, 0.15) is 0 Å². The van der Waals surface area contributed by atoms with Gasteiger partial charge in [-0.15, -0.1) is 11.6 Å². The molecule has 2 heteroatoms. The second kappa shape index (κ2) is 1.15. The summed E-state index contributed by atoms with van der Waals surface area (Å²) in [5, 5.41) is 0. The van der Waals surface area contributed by atoms with Gasteiger partial charge >= 0.3 is 0 Å². The number of rotatable bonds is 1. The zero-order valence-corrected chi connectivity index (χ0v) is 3.25. The summed E-state index contributed by atoms with van der Waals surface area (Å²) >= 11 is 5.17. The molecule has 1 unspecified atom stereocenters. The average molecular weight is 95.5 g/mol. The molecule has 0 aromatic rings. The molecule has 1 aliphatic heterocycles. The average Bonchev–Trinajstić information content (AvgIpc) is 2.10. The van der Waals surface area contributed by atoms with E-state index in [9.17, 15) is 0 Å². The Kier molecular flexibility index (Phi) is 0.320. The van der Waals surface area contributed by atoms with Crippen molar-refractivity contribution in [3.63, 3.8) is 0 Å². The predicted octanol–water partition coefficient (Wildman–Crippen LogP) is 0.624. The van der Waals surface area contributed by atoms with Crippen molar-refractivity contribution in [3.05, 3.63) is 0 Å². The first-order chi connectivity index (χ1) is 3.52. The summed E-state index contributed by atoms with van der Waals surface area (Å²) in [4.78, 5) is 0. The van der Waals surface area contributed by atoms with E-state index in [1.807, 2.05) is 0 Å². The summed E-state index contributed by atoms with van der Waals surface area (Å²) in [7, 11) is 0. The van der Waals surface area contributed by atoms with E-state index >= 15 is 0 Å². The van der Waals surface area contributed by atoms with Crippen molar-refractivity contribution < 1.29 is 8.85 Å². The fourth-order valence-corrected chi connectivity index (χ4v) is 0.200. The quantitative estimate of drug-likeness (QED) is 0.344. The van der Waals surface area contributed by atoms with Gasteiger partial charge in [0.2, 0.25) is 0 Å². The van der Waals surface area contributed by atoms with Gasteiger partial charge in [0.05, 0.1) is 22.6 Å². The summed E-state index contributed by atoms with van der Waals surface area (Å²) in [5.41, 5.74) is 0. The van der Waals surface area contributed by atoms with E-state index in [1.54, 1.807) is 0 Å². The molecule has 5 heavy (non-hydrogen) atoms. The van der Waals surface area contributed by atoms with Crippen LogP contribution in [-0.4, -0.2) is 18.5 Å². The zero-order chi connectivity index (χ0) is 6.41. The molecule has 0 bridgehead atoms. The van der Waals surface area contributed by atoms with Crippen LogP contribution in [0.5, 0.6) is 0 Å². The van der Waals surface area contributed by atoms with Crippen molar-refractivity contribution >= 4 is 11.6 Å². The van der Waals surface area contributed by atoms with Crippen molar-refractivity contribution in [2.45, 2.75) is 6.08 Å². The van der Waals surface area contributed by atoms with Gasteiger partial charge in [-0.2, -0.15) is 0 Å². The van der Waals surface area contributed by atoms with E-state index < -0.39 is 12.6 Å². The molecular formula is C3H5ClO. The standard InChI is InChI=1S/C3H5ClO/c4-1-3-2-5-3/h3H,1-2H2/i2D2,3D. The van der Waals surface area contributed by atoms with Crippen molar-refractivity contribution in [1.29, 1.82) is 0 Å². The first kappa shape index (κ1) is 1.39. The molecule has 0 aromatic carbocycles. The van der Waals surface area contributed by atoms with Crippen LogP contribution in [-0.2, 0) is 4.74 Å². The molecular weight excluding hydrogens is 87.5 g/mol. The van der Waals surface area contributed by atoms with Crippen LogP contribution < -0.4 is 0 Å². The molecule has 1 fully saturated rings. The molecule has 1 nitrogen and oxygen atoms in total. The molecule has 1 atom stereocenters. The number of ether oxygens (including phenoxy) is 1. The number of halogens is 1. The normalized spacial score (nSPS) is 67.8. The predicted molar refractivity (Wildman–Crippen MR) is 20.5 cm³/mol.